The SMILES string of the molecule is C=C(C(=O)N(C)C)[C@H]1O[C@@H]1c1ccccc1. The highest BCUT2D eigenvalue weighted by Gasteiger charge is 2.44. The van der Waals surface area contributed by atoms with Crippen LogP contribution in [-0.2, 0) is 9.53 Å². The Hall–Kier alpha value is -1.61. The summed E-state index contributed by atoms with van der Waals surface area (Å²) in [5.74, 6) is -0.0663. The van der Waals surface area contributed by atoms with Gasteiger partial charge in [-0.3, -0.25) is 4.79 Å². The Morgan fingerprint density at radius 2 is 1.94 bits per heavy atom. The summed E-state index contributed by atoms with van der Waals surface area (Å²) < 4.78 is 5.49. The van der Waals surface area contributed by atoms with E-state index in [9.17, 15) is 4.79 Å². The van der Waals surface area contributed by atoms with Gasteiger partial charge in [0.05, 0.1) is 0 Å². The fraction of sp³-hybridized carbons (Fsp3) is 0.308. The third-order valence-electron chi connectivity index (χ3n) is 2.64. The number of hydrogen-bond acceptors (Lipinski definition) is 2. The van der Waals surface area contributed by atoms with Gasteiger partial charge in [0.1, 0.15) is 12.2 Å². The molecular weight excluding hydrogens is 202 g/mol. The highest BCUT2D eigenvalue weighted by Crippen LogP contribution is 2.42. The van der Waals surface area contributed by atoms with Gasteiger partial charge in [-0.2, -0.15) is 0 Å². The summed E-state index contributed by atoms with van der Waals surface area (Å²) in [7, 11) is 3.43. The van der Waals surface area contributed by atoms with Gasteiger partial charge in [0.15, 0.2) is 0 Å². The van der Waals surface area contributed by atoms with E-state index in [4.69, 9.17) is 4.74 Å². The van der Waals surface area contributed by atoms with Crippen LogP contribution in [0.25, 0.3) is 0 Å². The average Bonchev–Trinajstić information content (AvgIpc) is 3.08. The lowest BCUT2D eigenvalue weighted by atomic mass is 10.1. The maximum absolute atomic E-state index is 11.6. The van der Waals surface area contributed by atoms with Gasteiger partial charge in [0.2, 0.25) is 0 Å². The molecule has 0 aromatic heterocycles. The van der Waals surface area contributed by atoms with Crippen LogP contribution in [0.5, 0.6) is 0 Å². The minimum Gasteiger partial charge on any atom is -0.359 e. The van der Waals surface area contributed by atoms with Crippen molar-refractivity contribution in [2.75, 3.05) is 14.1 Å². The lowest BCUT2D eigenvalue weighted by Gasteiger charge is -2.10. The van der Waals surface area contributed by atoms with E-state index in [1.807, 2.05) is 30.3 Å². The summed E-state index contributed by atoms with van der Waals surface area (Å²) >= 11 is 0. The predicted octanol–water partition coefficient (Wildman–Crippen LogP) is 1.77. The highest BCUT2D eigenvalue weighted by atomic mass is 16.6. The van der Waals surface area contributed by atoms with E-state index >= 15 is 0 Å². The lowest BCUT2D eigenvalue weighted by molar-refractivity contribution is -0.124. The molecule has 84 valence electrons. The normalized spacial score (nSPS) is 22.6. The second-order valence-corrected chi connectivity index (χ2v) is 4.11. The minimum absolute atomic E-state index is 0.00222. The van der Waals surface area contributed by atoms with Gasteiger partial charge in [-0.25, -0.2) is 0 Å². The van der Waals surface area contributed by atoms with Gasteiger partial charge in [-0.15, -0.1) is 0 Å². The number of hydrogen-bond donors (Lipinski definition) is 0. The summed E-state index contributed by atoms with van der Waals surface area (Å²) in [6.07, 6.45) is -0.158. The van der Waals surface area contributed by atoms with Gasteiger partial charge < -0.3 is 9.64 Å². The fourth-order valence-corrected chi connectivity index (χ4v) is 1.68. The van der Waals surface area contributed by atoms with E-state index in [-0.39, 0.29) is 18.1 Å². The number of carbonyl (C=O) groups is 1. The molecule has 2 atom stereocenters. The van der Waals surface area contributed by atoms with E-state index in [1.54, 1.807) is 14.1 Å². The number of nitrogens with zero attached hydrogens (tertiary/aromatic N) is 1. The number of epoxide rings is 1. The smallest absolute Gasteiger partial charge is 0.251 e. The Balaban J connectivity index is 2.02. The molecule has 0 bridgehead atoms. The number of ether oxygens (including phenoxy) is 1. The Morgan fingerprint density at radius 1 is 1.31 bits per heavy atom. The quantitative estimate of drug-likeness (QED) is 0.571. The molecule has 1 amide bonds. The van der Waals surface area contributed by atoms with Crippen LogP contribution in [0.15, 0.2) is 42.5 Å². The summed E-state index contributed by atoms with van der Waals surface area (Å²) in [5.41, 5.74) is 1.62. The molecule has 1 aliphatic rings. The van der Waals surface area contributed by atoms with Crippen LogP contribution in [0.1, 0.15) is 11.7 Å². The van der Waals surface area contributed by atoms with Gasteiger partial charge in [-0.05, 0) is 5.56 Å². The molecule has 0 unspecified atom stereocenters. The second kappa shape index (κ2) is 4.10. The zero-order chi connectivity index (χ0) is 11.7. The Bertz CT molecular complexity index is 411. The second-order valence-electron chi connectivity index (χ2n) is 4.11. The minimum atomic E-state index is -0.155. The van der Waals surface area contributed by atoms with Crippen LogP contribution in [-0.4, -0.2) is 31.0 Å². The highest BCUT2D eigenvalue weighted by molar-refractivity contribution is 5.94. The number of rotatable bonds is 3. The first-order valence-electron chi connectivity index (χ1n) is 5.22. The summed E-state index contributed by atoms with van der Waals surface area (Å²) in [5, 5.41) is 0. The fourth-order valence-electron chi connectivity index (χ4n) is 1.68. The van der Waals surface area contributed by atoms with E-state index in [0.717, 1.165) is 5.56 Å². The zero-order valence-corrected chi connectivity index (χ0v) is 9.51. The molecule has 0 N–H and O–H groups in total. The van der Waals surface area contributed by atoms with E-state index in [1.165, 1.54) is 4.90 Å². The number of amides is 1. The first-order chi connectivity index (χ1) is 7.61. The van der Waals surface area contributed by atoms with Crippen molar-refractivity contribution in [3.05, 3.63) is 48.0 Å². The molecule has 3 heteroatoms. The molecular formula is C13H15NO2. The van der Waals surface area contributed by atoms with E-state index < -0.39 is 0 Å². The van der Waals surface area contributed by atoms with Crippen LogP contribution in [0, 0.1) is 0 Å². The van der Waals surface area contributed by atoms with Crippen LogP contribution in [0.2, 0.25) is 0 Å². The molecule has 3 nitrogen and oxygen atoms in total. The monoisotopic (exact) mass is 217 g/mol. The summed E-state index contributed by atoms with van der Waals surface area (Å²) in [4.78, 5) is 13.2. The molecule has 0 radical (unpaired) electrons. The topological polar surface area (TPSA) is 32.8 Å². The van der Waals surface area contributed by atoms with Gasteiger partial charge in [-0.1, -0.05) is 36.9 Å². The van der Waals surface area contributed by atoms with Gasteiger partial charge in [0, 0.05) is 19.7 Å². The van der Waals surface area contributed by atoms with Crippen molar-refractivity contribution in [2.45, 2.75) is 12.2 Å². The van der Waals surface area contributed by atoms with Gasteiger partial charge >= 0.3 is 0 Å². The van der Waals surface area contributed by atoms with Crippen molar-refractivity contribution in [1.82, 2.24) is 4.90 Å². The molecule has 0 saturated carbocycles. The van der Waals surface area contributed by atoms with Crippen molar-refractivity contribution in [3.8, 4) is 0 Å². The lowest BCUT2D eigenvalue weighted by Crippen LogP contribution is -2.25. The van der Waals surface area contributed by atoms with Crippen LogP contribution >= 0.6 is 0 Å². The van der Waals surface area contributed by atoms with Crippen molar-refractivity contribution in [3.63, 3.8) is 0 Å². The van der Waals surface area contributed by atoms with Crippen molar-refractivity contribution in [2.24, 2.45) is 0 Å². The zero-order valence-electron chi connectivity index (χ0n) is 9.51. The molecule has 1 saturated heterocycles. The summed E-state index contributed by atoms with van der Waals surface area (Å²) in [6, 6.07) is 9.88. The summed E-state index contributed by atoms with van der Waals surface area (Å²) in [6.45, 7) is 3.80. The number of benzene rings is 1. The number of carbonyl (C=O) groups excluding carboxylic acids is 1. The largest absolute Gasteiger partial charge is 0.359 e. The van der Waals surface area contributed by atoms with E-state index in [2.05, 4.69) is 6.58 Å². The Labute approximate surface area is 95.3 Å². The standard InChI is InChI=1S/C13H15NO2/c1-9(13(15)14(2)3)11-12(16-11)10-7-5-4-6-8-10/h4-8,11-12H,1H2,2-3H3/t11-,12-/m1/s1. The molecule has 1 aromatic rings. The molecule has 0 spiro atoms. The van der Waals surface area contributed by atoms with Crippen LogP contribution in [0.3, 0.4) is 0 Å². The number of likely N-dealkylation sites (N-methyl/N-ethyl adjacent to an activating group) is 1. The molecule has 1 aliphatic heterocycles. The molecule has 0 aliphatic carbocycles. The Kier molecular flexibility index (Phi) is 2.79. The third-order valence-corrected chi connectivity index (χ3v) is 2.64. The molecule has 16 heavy (non-hydrogen) atoms. The van der Waals surface area contributed by atoms with Crippen molar-refractivity contribution < 1.29 is 9.53 Å². The van der Waals surface area contributed by atoms with E-state index in [0.29, 0.717) is 5.57 Å². The molecule has 1 aromatic carbocycles. The average molecular weight is 217 g/mol. The van der Waals surface area contributed by atoms with Crippen molar-refractivity contribution >= 4 is 5.91 Å². The Morgan fingerprint density at radius 3 is 2.50 bits per heavy atom. The van der Waals surface area contributed by atoms with Crippen molar-refractivity contribution in [1.29, 1.82) is 0 Å². The maximum atomic E-state index is 11.6. The first-order valence-corrected chi connectivity index (χ1v) is 5.22. The predicted molar refractivity (Wildman–Crippen MR) is 61.9 cm³/mol. The third kappa shape index (κ3) is 1.99. The van der Waals surface area contributed by atoms with Crippen LogP contribution in [0.4, 0.5) is 0 Å². The van der Waals surface area contributed by atoms with Gasteiger partial charge in [0.25, 0.3) is 5.91 Å². The molecule has 1 fully saturated rings. The first kappa shape index (κ1) is 10.9. The molecule has 2 rings (SSSR count). The molecule has 1 heterocycles. The maximum Gasteiger partial charge on any atom is 0.251 e. The van der Waals surface area contributed by atoms with Crippen LogP contribution < -0.4 is 0 Å².